The van der Waals surface area contributed by atoms with E-state index in [4.69, 9.17) is 0 Å². The molecule has 2 nitrogen and oxygen atoms in total. The van der Waals surface area contributed by atoms with Gasteiger partial charge in [0.2, 0.25) is 0 Å². The lowest BCUT2D eigenvalue weighted by molar-refractivity contribution is 0.0810. The highest BCUT2D eigenvalue weighted by Crippen LogP contribution is 2.33. The van der Waals surface area contributed by atoms with Gasteiger partial charge >= 0.3 is 0 Å². The molecule has 0 spiro atoms. The predicted octanol–water partition coefficient (Wildman–Crippen LogP) is 5.79. The van der Waals surface area contributed by atoms with E-state index in [9.17, 15) is 9.59 Å². The average molecular weight is 366 g/mol. The molecule has 0 heterocycles. The number of ketones is 2. The number of carbonyl (C=O) groups is 2. The fourth-order valence-corrected chi connectivity index (χ4v) is 3.89. The number of fused-ring (bicyclic) bond motifs is 1. The van der Waals surface area contributed by atoms with Crippen LogP contribution < -0.4 is 0 Å². The molecule has 0 unspecified atom stereocenters. The number of hydrogen-bond acceptors (Lipinski definition) is 2. The molecule has 0 fully saturated rings. The Bertz CT molecular complexity index is 965. The maximum absolute atomic E-state index is 13.3. The largest absolute Gasteiger partial charge is 0.293 e. The summed E-state index contributed by atoms with van der Waals surface area (Å²) in [5.74, 6) is -0.945. The summed E-state index contributed by atoms with van der Waals surface area (Å²) in [6.07, 6.45) is 4.56. The second-order valence-corrected chi connectivity index (χ2v) is 7.14. The molecule has 0 atom stereocenters. The van der Waals surface area contributed by atoms with Gasteiger partial charge in [-0.05, 0) is 36.0 Å². The Morgan fingerprint density at radius 2 is 1.25 bits per heavy atom. The highest BCUT2D eigenvalue weighted by Gasteiger charge is 2.30. The van der Waals surface area contributed by atoms with Crippen LogP contribution in [0.15, 0.2) is 91.0 Å². The van der Waals surface area contributed by atoms with E-state index in [1.807, 2.05) is 48.5 Å². The smallest absolute Gasteiger partial charge is 0.174 e. The Labute approximate surface area is 165 Å². The second kappa shape index (κ2) is 8.18. The molecule has 28 heavy (non-hydrogen) atoms. The summed E-state index contributed by atoms with van der Waals surface area (Å²) in [6, 6.07) is 26.6. The number of benzene rings is 3. The fourth-order valence-electron chi connectivity index (χ4n) is 3.89. The number of Topliss-reactive ketones (excluding diaryl/α,β-unsaturated/α-hetero) is 2. The van der Waals surface area contributed by atoms with Gasteiger partial charge in [0, 0.05) is 11.1 Å². The normalized spacial score (nSPS) is 13.0. The van der Waals surface area contributed by atoms with Gasteiger partial charge in [0.25, 0.3) is 0 Å². The fraction of sp³-hybridized carbons (Fsp3) is 0.154. The van der Waals surface area contributed by atoms with Gasteiger partial charge in [-0.2, -0.15) is 0 Å². The third kappa shape index (κ3) is 3.72. The van der Waals surface area contributed by atoms with Crippen LogP contribution >= 0.6 is 0 Å². The number of carbonyl (C=O) groups excluding carboxylic acids is 2. The summed E-state index contributed by atoms with van der Waals surface area (Å²) in [5.41, 5.74) is 4.72. The number of rotatable bonds is 6. The van der Waals surface area contributed by atoms with Crippen molar-refractivity contribution < 1.29 is 9.59 Å². The summed E-state index contributed by atoms with van der Waals surface area (Å²) in [7, 11) is 0. The van der Waals surface area contributed by atoms with E-state index in [0.29, 0.717) is 17.5 Å². The van der Waals surface area contributed by atoms with E-state index in [-0.39, 0.29) is 11.6 Å². The van der Waals surface area contributed by atoms with Crippen LogP contribution in [0.2, 0.25) is 0 Å². The van der Waals surface area contributed by atoms with Crippen molar-refractivity contribution in [3.63, 3.8) is 0 Å². The van der Waals surface area contributed by atoms with Gasteiger partial charge in [-0.3, -0.25) is 9.59 Å². The minimum atomic E-state index is -0.720. The van der Waals surface area contributed by atoms with E-state index in [1.54, 1.807) is 24.3 Å². The molecular weight excluding hydrogens is 344 g/mol. The number of hydrogen-bond donors (Lipinski definition) is 0. The van der Waals surface area contributed by atoms with Crippen molar-refractivity contribution in [3.8, 4) is 0 Å². The van der Waals surface area contributed by atoms with Gasteiger partial charge in [-0.25, -0.2) is 0 Å². The molecule has 4 rings (SSSR count). The minimum absolute atomic E-state index is 0.113. The third-order valence-corrected chi connectivity index (χ3v) is 5.34. The summed E-state index contributed by atoms with van der Waals surface area (Å²) < 4.78 is 0. The average Bonchev–Trinajstić information content (AvgIpc) is 2.78. The molecule has 0 radical (unpaired) electrons. The molecule has 0 aliphatic heterocycles. The molecule has 0 amide bonds. The third-order valence-electron chi connectivity index (χ3n) is 5.34. The molecule has 1 aliphatic rings. The van der Waals surface area contributed by atoms with Crippen molar-refractivity contribution in [2.24, 2.45) is 5.92 Å². The summed E-state index contributed by atoms with van der Waals surface area (Å²) in [5, 5.41) is 0. The summed E-state index contributed by atoms with van der Waals surface area (Å²) in [6.45, 7) is 0. The lowest BCUT2D eigenvalue weighted by atomic mass is 9.80. The van der Waals surface area contributed by atoms with Gasteiger partial charge in [0.05, 0.1) is 5.92 Å². The second-order valence-electron chi connectivity index (χ2n) is 7.14. The molecule has 0 saturated carbocycles. The van der Waals surface area contributed by atoms with Crippen LogP contribution in [-0.2, 0) is 6.42 Å². The molecule has 0 aromatic heterocycles. The van der Waals surface area contributed by atoms with E-state index in [0.717, 1.165) is 18.4 Å². The first-order valence-corrected chi connectivity index (χ1v) is 9.70. The van der Waals surface area contributed by atoms with Gasteiger partial charge in [0.1, 0.15) is 0 Å². The number of aryl methyl sites for hydroxylation is 1. The maximum atomic E-state index is 13.3. The van der Waals surface area contributed by atoms with Crippen molar-refractivity contribution in [3.05, 3.63) is 113 Å². The zero-order valence-electron chi connectivity index (χ0n) is 15.7. The Morgan fingerprint density at radius 1 is 0.714 bits per heavy atom. The van der Waals surface area contributed by atoms with E-state index < -0.39 is 5.92 Å². The van der Waals surface area contributed by atoms with Crippen molar-refractivity contribution in [2.75, 3.05) is 0 Å². The summed E-state index contributed by atoms with van der Waals surface area (Å²) >= 11 is 0. The Morgan fingerprint density at radius 3 is 1.86 bits per heavy atom. The zero-order valence-corrected chi connectivity index (χ0v) is 15.7. The van der Waals surface area contributed by atoms with Crippen LogP contribution in [0, 0.1) is 5.92 Å². The Balaban J connectivity index is 1.70. The topological polar surface area (TPSA) is 34.1 Å². The van der Waals surface area contributed by atoms with Crippen LogP contribution in [0.25, 0.3) is 5.57 Å². The predicted molar refractivity (Wildman–Crippen MR) is 112 cm³/mol. The van der Waals surface area contributed by atoms with Crippen LogP contribution in [-0.4, -0.2) is 11.6 Å². The van der Waals surface area contributed by atoms with Crippen LogP contribution in [0.5, 0.6) is 0 Å². The standard InChI is InChI=1S/C26H22O2/c27-25(20-11-3-1-4-12-20)24(26(28)21-13-5-2-6-14-21)18-22-16-9-15-19-10-7-8-17-23(19)22/h1-8,10-14,16-17,24H,9,15,18H2. The molecule has 0 saturated heterocycles. The lowest BCUT2D eigenvalue weighted by Crippen LogP contribution is -2.25. The van der Waals surface area contributed by atoms with Crippen molar-refractivity contribution in [1.29, 1.82) is 0 Å². The first kappa shape index (κ1) is 18.1. The van der Waals surface area contributed by atoms with Gasteiger partial charge in [-0.1, -0.05) is 91.0 Å². The van der Waals surface area contributed by atoms with E-state index in [2.05, 4.69) is 18.2 Å². The van der Waals surface area contributed by atoms with Crippen LogP contribution in [0.4, 0.5) is 0 Å². The molecule has 0 N–H and O–H groups in total. The monoisotopic (exact) mass is 366 g/mol. The Hall–Kier alpha value is -3.26. The zero-order chi connectivity index (χ0) is 19.3. The maximum Gasteiger partial charge on any atom is 0.174 e. The van der Waals surface area contributed by atoms with Gasteiger partial charge < -0.3 is 0 Å². The molecule has 1 aliphatic carbocycles. The first-order chi connectivity index (χ1) is 13.7. The molecule has 3 aromatic carbocycles. The molecule has 138 valence electrons. The van der Waals surface area contributed by atoms with Crippen LogP contribution in [0.3, 0.4) is 0 Å². The van der Waals surface area contributed by atoms with Crippen molar-refractivity contribution in [2.45, 2.75) is 19.3 Å². The molecule has 0 bridgehead atoms. The summed E-state index contributed by atoms with van der Waals surface area (Å²) in [4.78, 5) is 26.6. The molecular formula is C26H22O2. The highest BCUT2D eigenvalue weighted by atomic mass is 16.2. The van der Waals surface area contributed by atoms with Crippen molar-refractivity contribution >= 4 is 17.1 Å². The SMILES string of the molecule is O=C(c1ccccc1)C(CC1=CCCc2ccccc21)C(=O)c1ccccc1. The Kier molecular flexibility index (Phi) is 5.29. The highest BCUT2D eigenvalue weighted by molar-refractivity contribution is 6.16. The van der Waals surface area contributed by atoms with Crippen molar-refractivity contribution in [1.82, 2.24) is 0 Å². The van der Waals surface area contributed by atoms with E-state index >= 15 is 0 Å². The molecule has 2 heteroatoms. The molecule has 3 aromatic rings. The van der Waals surface area contributed by atoms with Gasteiger partial charge in [-0.15, -0.1) is 0 Å². The lowest BCUT2D eigenvalue weighted by Gasteiger charge is -2.22. The minimum Gasteiger partial charge on any atom is -0.293 e. The number of allylic oxidation sites excluding steroid dienone is 2. The quantitative estimate of drug-likeness (QED) is 0.409. The van der Waals surface area contributed by atoms with Gasteiger partial charge in [0.15, 0.2) is 11.6 Å². The van der Waals surface area contributed by atoms with E-state index in [1.165, 1.54) is 11.1 Å². The first-order valence-electron chi connectivity index (χ1n) is 9.70. The van der Waals surface area contributed by atoms with Crippen LogP contribution in [0.1, 0.15) is 44.7 Å².